The molecule has 3 aromatic rings. The van der Waals surface area contributed by atoms with Gasteiger partial charge in [0.2, 0.25) is 5.95 Å². The van der Waals surface area contributed by atoms with Crippen LogP contribution < -0.4 is 20.3 Å². The second-order valence-electron chi connectivity index (χ2n) is 9.00. The largest absolute Gasteiger partial charge is 0.496 e. The number of nitrogens with one attached hydrogen (secondary N) is 2. The quantitative estimate of drug-likeness (QED) is 0.368. The summed E-state index contributed by atoms with van der Waals surface area (Å²) in [6.07, 6.45) is 3.83. The molecular formula is C25H30N6O4. The third-order valence-corrected chi connectivity index (χ3v) is 6.38. The number of carbonyl (C=O) groups is 1. The molecule has 0 atom stereocenters. The molecule has 4 rings (SSSR count). The Bertz CT molecular complexity index is 1220. The molecule has 1 aliphatic rings. The molecule has 1 aliphatic carbocycles. The maximum atomic E-state index is 12.7. The van der Waals surface area contributed by atoms with Crippen LogP contribution in [0.15, 0.2) is 42.5 Å². The van der Waals surface area contributed by atoms with Gasteiger partial charge in [-0.25, -0.2) is 4.98 Å². The van der Waals surface area contributed by atoms with Crippen molar-refractivity contribution in [2.45, 2.75) is 31.7 Å². The van der Waals surface area contributed by atoms with Crippen molar-refractivity contribution in [3.8, 4) is 5.75 Å². The molecule has 1 heterocycles. The van der Waals surface area contributed by atoms with E-state index < -0.39 is 4.92 Å². The number of nitro benzene ring substituents is 1. The molecule has 1 amide bonds. The number of fused-ring (bicyclic) bond motifs is 1. The Kier molecular flexibility index (Phi) is 7.28. The topological polar surface area (TPSA) is 123 Å². The van der Waals surface area contributed by atoms with Crippen molar-refractivity contribution in [1.29, 1.82) is 0 Å². The van der Waals surface area contributed by atoms with E-state index in [4.69, 9.17) is 14.7 Å². The van der Waals surface area contributed by atoms with Crippen LogP contribution in [0.3, 0.4) is 0 Å². The Morgan fingerprint density at radius 1 is 1.14 bits per heavy atom. The number of hydrogen-bond donors (Lipinski definition) is 2. The van der Waals surface area contributed by atoms with Crippen molar-refractivity contribution in [3.63, 3.8) is 0 Å². The van der Waals surface area contributed by atoms with E-state index in [2.05, 4.69) is 10.6 Å². The van der Waals surface area contributed by atoms with E-state index in [-0.39, 0.29) is 23.4 Å². The summed E-state index contributed by atoms with van der Waals surface area (Å²) in [4.78, 5) is 34.5. The van der Waals surface area contributed by atoms with E-state index in [1.54, 1.807) is 0 Å². The molecule has 0 unspecified atom stereocenters. The van der Waals surface area contributed by atoms with E-state index in [9.17, 15) is 14.9 Å². The molecule has 2 N–H and O–H groups in total. The Morgan fingerprint density at radius 2 is 1.89 bits per heavy atom. The van der Waals surface area contributed by atoms with Gasteiger partial charge >= 0.3 is 0 Å². The number of anilines is 2. The van der Waals surface area contributed by atoms with Crippen molar-refractivity contribution in [2.75, 3.05) is 38.0 Å². The molecule has 1 saturated carbocycles. The Hall–Kier alpha value is -3.95. The van der Waals surface area contributed by atoms with Gasteiger partial charge in [-0.1, -0.05) is 12.1 Å². The number of para-hydroxylation sites is 1. The predicted molar refractivity (Wildman–Crippen MR) is 135 cm³/mol. The Labute approximate surface area is 203 Å². The molecular weight excluding hydrogens is 448 g/mol. The zero-order chi connectivity index (χ0) is 24.9. The van der Waals surface area contributed by atoms with Gasteiger partial charge in [-0.15, -0.1) is 0 Å². The molecule has 184 valence electrons. The van der Waals surface area contributed by atoms with Gasteiger partial charge in [0.25, 0.3) is 11.6 Å². The normalized spacial score (nSPS) is 17.6. The molecule has 0 spiro atoms. The van der Waals surface area contributed by atoms with E-state index in [1.165, 1.54) is 25.3 Å². The zero-order valence-electron chi connectivity index (χ0n) is 20.2. The molecule has 1 aromatic heterocycles. The lowest BCUT2D eigenvalue weighted by Crippen LogP contribution is -2.34. The minimum atomic E-state index is -0.513. The summed E-state index contributed by atoms with van der Waals surface area (Å²) in [7, 11) is 5.35. The van der Waals surface area contributed by atoms with Crippen molar-refractivity contribution in [3.05, 3.63) is 58.1 Å². The van der Waals surface area contributed by atoms with Gasteiger partial charge in [0.1, 0.15) is 11.6 Å². The van der Waals surface area contributed by atoms with Crippen molar-refractivity contribution in [1.82, 2.24) is 15.3 Å². The fourth-order valence-corrected chi connectivity index (χ4v) is 4.47. The lowest BCUT2D eigenvalue weighted by Gasteiger charge is -2.29. The van der Waals surface area contributed by atoms with Crippen LogP contribution >= 0.6 is 0 Å². The van der Waals surface area contributed by atoms with Crippen LogP contribution in [0.25, 0.3) is 10.9 Å². The smallest absolute Gasteiger partial charge is 0.273 e. The number of carbonyl (C=O) groups excluding carboxylic acids is 1. The van der Waals surface area contributed by atoms with Crippen LogP contribution in [-0.2, 0) is 0 Å². The highest BCUT2D eigenvalue weighted by Crippen LogP contribution is 2.29. The molecule has 0 saturated heterocycles. The van der Waals surface area contributed by atoms with Gasteiger partial charge < -0.3 is 20.3 Å². The number of nitrogens with zero attached hydrogens (tertiary/aromatic N) is 4. The summed E-state index contributed by atoms with van der Waals surface area (Å²) in [6, 6.07) is 12.3. The number of aromatic nitrogens is 2. The van der Waals surface area contributed by atoms with Gasteiger partial charge in [-0.3, -0.25) is 14.9 Å². The van der Waals surface area contributed by atoms with Gasteiger partial charge in [-0.2, -0.15) is 4.98 Å². The Balaban J connectivity index is 1.32. The highest BCUT2D eigenvalue weighted by atomic mass is 16.6. The third kappa shape index (κ3) is 5.59. The molecule has 0 radical (unpaired) electrons. The molecule has 35 heavy (non-hydrogen) atoms. The second kappa shape index (κ2) is 10.5. The van der Waals surface area contributed by atoms with Crippen LogP contribution in [-0.4, -0.2) is 54.6 Å². The van der Waals surface area contributed by atoms with Gasteiger partial charge in [0.05, 0.1) is 29.2 Å². The van der Waals surface area contributed by atoms with Crippen LogP contribution in [0.2, 0.25) is 0 Å². The van der Waals surface area contributed by atoms with E-state index in [0.717, 1.165) is 42.4 Å². The maximum absolute atomic E-state index is 12.7. The van der Waals surface area contributed by atoms with Crippen molar-refractivity contribution < 1.29 is 14.5 Å². The molecule has 2 aromatic carbocycles. The highest BCUT2D eigenvalue weighted by Gasteiger charge is 2.24. The summed E-state index contributed by atoms with van der Waals surface area (Å²) < 4.78 is 5.18. The first kappa shape index (κ1) is 24.2. The number of amides is 1. The first-order valence-corrected chi connectivity index (χ1v) is 11.7. The van der Waals surface area contributed by atoms with E-state index >= 15 is 0 Å². The average molecular weight is 479 g/mol. The third-order valence-electron chi connectivity index (χ3n) is 6.38. The van der Waals surface area contributed by atoms with Crippen LogP contribution in [0.4, 0.5) is 17.5 Å². The zero-order valence-corrected chi connectivity index (χ0v) is 20.2. The van der Waals surface area contributed by atoms with Gasteiger partial charge in [0, 0.05) is 38.1 Å². The fraction of sp³-hybridized carbons (Fsp3) is 0.400. The summed E-state index contributed by atoms with van der Waals surface area (Å²) in [5, 5.41) is 18.4. The first-order valence-electron chi connectivity index (χ1n) is 11.7. The number of hydrogen-bond acceptors (Lipinski definition) is 8. The lowest BCUT2D eigenvalue weighted by molar-refractivity contribution is -0.384. The summed E-state index contributed by atoms with van der Waals surface area (Å²) in [5.74, 6) is 1.77. The number of nitro groups is 1. The van der Waals surface area contributed by atoms with E-state index in [0.29, 0.717) is 24.0 Å². The lowest BCUT2D eigenvalue weighted by atomic mass is 9.86. The summed E-state index contributed by atoms with van der Waals surface area (Å²) in [6.45, 7) is 0.545. The maximum Gasteiger partial charge on any atom is 0.273 e. The molecule has 10 nitrogen and oxygen atoms in total. The average Bonchev–Trinajstić information content (AvgIpc) is 2.87. The number of ether oxygens (including phenoxy) is 1. The SMILES string of the molecule is COc1cc([N+](=O)[O-])ccc1C(=O)NCC1CCC(Nc2nc(N(C)C)c3ccccc3n2)CC1. The van der Waals surface area contributed by atoms with Crippen LogP contribution in [0, 0.1) is 16.0 Å². The van der Waals surface area contributed by atoms with Crippen LogP contribution in [0.5, 0.6) is 5.75 Å². The predicted octanol–water partition coefficient (Wildman–Crippen LogP) is 4.01. The van der Waals surface area contributed by atoms with Crippen molar-refractivity contribution >= 4 is 34.3 Å². The highest BCUT2D eigenvalue weighted by molar-refractivity contribution is 5.97. The van der Waals surface area contributed by atoms with Gasteiger partial charge in [-0.05, 0) is 49.8 Å². The van der Waals surface area contributed by atoms with Crippen molar-refractivity contribution in [2.24, 2.45) is 5.92 Å². The summed E-state index contributed by atoms with van der Waals surface area (Å²) >= 11 is 0. The molecule has 0 bridgehead atoms. The molecule has 10 heteroatoms. The first-order chi connectivity index (χ1) is 16.9. The number of benzene rings is 2. The minimum Gasteiger partial charge on any atom is -0.496 e. The molecule has 1 fully saturated rings. The Morgan fingerprint density at radius 3 is 2.57 bits per heavy atom. The van der Waals surface area contributed by atoms with Gasteiger partial charge in [0.15, 0.2) is 0 Å². The van der Waals surface area contributed by atoms with Crippen LogP contribution in [0.1, 0.15) is 36.0 Å². The standard InChI is InChI=1S/C25H30N6O4/c1-30(2)23-19-6-4-5-7-21(19)28-25(29-23)27-17-10-8-16(9-11-17)15-26-24(32)20-13-12-18(31(33)34)14-22(20)35-3/h4-7,12-14,16-17H,8-11,15H2,1-3H3,(H,26,32)(H,27,28,29). The fourth-order valence-electron chi connectivity index (χ4n) is 4.47. The summed E-state index contributed by atoms with van der Waals surface area (Å²) in [5.41, 5.74) is 1.09. The monoisotopic (exact) mass is 478 g/mol. The number of rotatable bonds is 8. The molecule has 0 aliphatic heterocycles. The number of methoxy groups -OCH3 is 1. The number of non-ortho nitro benzene ring substituents is 1. The minimum absolute atomic E-state index is 0.114. The van der Waals surface area contributed by atoms with E-state index in [1.807, 2.05) is 43.3 Å². The second-order valence-corrected chi connectivity index (χ2v) is 9.00.